The molecule has 1 amide bonds. The first-order valence-electron chi connectivity index (χ1n) is 10.1. The van der Waals surface area contributed by atoms with Gasteiger partial charge in [-0.2, -0.15) is 5.26 Å². The molecule has 0 unspecified atom stereocenters. The largest absolute Gasteiger partial charge is 0.506 e. The van der Waals surface area contributed by atoms with Gasteiger partial charge in [-0.1, -0.05) is 19.1 Å². The third-order valence-electron chi connectivity index (χ3n) is 5.84. The second-order valence-electron chi connectivity index (χ2n) is 7.97. The maximum atomic E-state index is 12.6. The minimum atomic E-state index is -0.0656. The van der Waals surface area contributed by atoms with Gasteiger partial charge < -0.3 is 15.3 Å². The number of para-hydroxylation sites is 2. The highest BCUT2D eigenvalue weighted by Crippen LogP contribution is 2.39. The number of phenols is 1. The zero-order valence-electron chi connectivity index (χ0n) is 16.6. The van der Waals surface area contributed by atoms with Gasteiger partial charge in [-0.05, 0) is 42.9 Å². The van der Waals surface area contributed by atoms with Crippen molar-refractivity contribution in [1.29, 1.82) is 5.26 Å². The predicted molar refractivity (Wildman–Crippen MR) is 116 cm³/mol. The highest BCUT2D eigenvalue weighted by atomic mass is 32.1. The van der Waals surface area contributed by atoms with Crippen molar-refractivity contribution in [2.45, 2.75) is 26.2 Å². The van der Waals surface area contributed by atoms with Crippen molar-refractivity contribution in [3.8, 4) is 11.8 Å². The molecule has 7 heteroatoms. The number of nitrogens with one attached hydrogen (secondary N) is 1. The molecule has 2 aromatic rings. The van der Waals surface area contributed by atoms with Crippen LogP contribution in [0.15, 0.2) is 24.3 Å². The minimum absolute atomic E-state index is 0.0656. The second-order valence-corrected chi connectivity index (χ2v) is 9.07. The molecular formula is C22H26N4O2S. The van der Waals surface area contributed by atoms with E-state index in [-0.39, 0.29) is 5.91 Å². The number of benzene rings is 1. The molecule has 0 spiro atoms. The van der Waals surface area contributed by atoms with Gasteiger partial charge in [0, 0.05) is 31.1 Å². The van der Waals surface area contributed by atoms with Crippen LogP contribution in [-0.4, -0.2) is 48.6 Å². The molecule has 0 radical (unpaired) electrons. The summed E-state index contributed by atoms with van der Waals surface area (Å²) >= 11 is 1.57. The summed E-state index contributed by atoms with van der Waals surface area (Å²) in [6, 6.07) is 9.66. The Kier molecular flexibility index (Phi) is 5.74. The molecule has 1 atom stereocenters. The van der Waals surface area contributed by atoms with Crippen LogP contribution in [0.4, 0.5) is 10.7 Å². The van der Waals surface area contributed by atoms with E-state index in [1.807, 2.05) is 18.2 Å². The van der Waals surface area contributed by atoms with Crippen molar-refractivity contribution < 1.29 is 9.90 Å². The van der Waals surface area contributed by atoms with Crippen molar-refractivity contribution in [2.75, 3.05) is 42.9 Å². The summed E-state index contributed by atoms with van der Waals surface area (Å²) < 4.78 is 0. The number of fused-ring (bicyclic) bond motifs is 1. The summed E-state index contributed by atoms with van der Waals surface area (Å²) in [5.41, 5.74) is 2.64. The van der Waals surface area contributed by atoms with Gasteiger partial charge in [0.05, 0.1) is 17.8 Å². The molecule has 1 aromatic carbocycles. The summed E-state index contributed by atoms with van der Waals surface area (Å²) in [6.07, 6.45) is 3.03. The van der Waals surface area contributed by atoms with E-state index in [4.69, 9.17) is 0 Å². The molecule has 0 bridgehead atoms. The van der Waals surface area contributed by atoms with E-state index in [0.29, 0.717) is 28.8 Å². The summed E-state index contributed by atoms with van der Waals surface area (Å²) in [6.45, 7) is 5.59. The number of piperazine rings is 1. The Labute approximate surface area is 175 Å². The Hall–Kier alpha value is -2.56. The normalized spacial score (nSPS) is 19.4. The Morgan fingerprint density at radius 2 is 2.07 bits per heavy atom. The van der Waals surface area contributed by atoms with Gasteiger partial charge in [0.25, 0.3) is 0 Å². The average Bonchev–Trinajstić information content (AvgIpc) is 3.04. The summed E-state index contributed by atoms with van der Waals surface area (Å²) in [5.74, 6) is 0.861. The second kappa shape index (κ2) is 8.44. The lowest BCUT2D eigenvalue weighted by Crippen LogP contribution is -2.48. The van der Waals surface area contributed by atoms with Crippen LogP contribution in [0.1, 0.15) is 29.3 Å². The van der Waals surface area contributed by atoms with Gasteiger partial charge in [-0.15, -0.1) is 11.3 Å². The van der Waals surface area contributed by atoms with Gasteiger partial charge >= 0.3 is 0 Å². The lowest BCUT2D eigenvalue weighted by molar-refractivity contribution is -0.117. The molecule has 2 heterocycles. The summed E-state index contributed by atoms with van der Waals surface area (Å²) in [4.78, 5) is 18.1. The highest BCUT2D eigenvalue weighted by molar-refractivity contribution is 7.16. The zero-order valence-corrected chi connectivity index (χ0v) is 17.5. The van der Waals surface area contributed by atoms with Crippen molar-refractivity contribution >= 4 is 27.9 Å². The maximum Gasteiger partial charge on any atom is 0.239 e. The van der Waals surface area contributed by atoms with E-state index in [1.54, 1.807) is 17.4 Å². The van der Waals surface area contributed by atoms with Crippen LogP contribution in [0, 0.1) is 17.2 Å². The standard InChI is InChI=1S/C22H26N4O2S/c1-15-6-7-16-17(13-23)22(29-20(16)12-15)24-21(28)14-25-8-10-26(11-9-25)18-4-2-3-5-19(18)27/h2-5,15,27H,6-12,14H2,1H3,(H,24,28)/t15-/m1/s1. The molecule has 6 nitrogen and oxygen atoms in total. The molecule has 4 rings (SSSR count). The zero-order chi connectivity index (χ0) is 20.4. The van der Waals surface area contributed by atoms with Gasteiger partial charge in [-0.3, -0.25) is 9.69 Å². The third kappa shape index (κ3) is 4.24. The maximum absolute atomic E-state index is 12.6. The van der Waals surface area contributed by atoms with Crippen molar-refractivity contribution in [3.05, 3.63) is 40.3 Å². The van der Waals surface area contributed by atoms with Crippen LogP contribution in [0.2, 0.25) is 0 Å². The first-order valence-corrected chi connectivity index (χ1v) is 11.0. The number of nitrogens with zero attached hydrogens (tertiary/aromatic N) is 3. The molecule has 152 valence electrons. The Bertz CT molecular complexity index is 941. The summed E-state index contributed by atoms with van der Waals surface area (Å²) in [7, 11) is 0. The molecule has 0 saturated carbocycles. The Balaban J connectivity index is 1.34. The number of rotatable bonds is 4. The van der Waals surface area contributed by atoms with Gasteiger partial charge in [-0.25, -0.2) is 0 Å². The molecule has 2 N–H and O–H groups in total. The topological polar surface area (TPSA) is 79.6 Å². The lowest BCUT2D eigenvalue weighted by atomic mass is 9.89. The van der Waals surface area contributed by atoms with Crippen LogP contribution < -0.4 is 10.2 Å². The van der Waals surface area contributed by atoms with Crippen LogP contribution in [0.25, 0.3) is 0 Å². The van der Waals surface area contributed by atoms with Crippen molar-refractivity contribution in [3.63, 3.8) is 0 Å². The van der Waals surface area contributed by atoms with Gasteiger partial charge in [0.2, 0.25) is 5.91 Å². The molecule has 2 aliphatic rings. The smallest absolute Gasteiger partial charge is 0.239 e. The third-order valence-corrected chi connectivity index (χ3v) is 7.01. The van der Waals surface area contributed by atoms with E-state index in [0.717, 1.165) is 56.7 Å². The minimum Gasteiger partial charge on any atom is -0.506 e. The first-order chi connectivity index (χ1) is 14.0. The van der Waals surface area contributed by atoms with Gasteiger partial charge in [0.15, 0.2) is 0 Å². The fourth-order valence-corrected chi connectivity index (χ4v) is 5.58. The number of hydrogen-bond donors (Lipinski definition) is 2. The molecule has 1 aliphatic heterocycles. The number of aromatic hydroxyl groups is 1. The number of phenolic OH excluding ortho intramolecular Hbond substituents is 1. The number of thiophene rings is 1. The molecule has 1 aromatic heterocycles. The van der Waals surface area contributed by atoms with Crippen LogP contribution >= 0.6 is 11.3 Å². The highest BCUT2D eigenvalue weighted by Gasteiger charge is 2.26. The monoisotopic (exact) mass is 410 g/mol. The summed E-state index contributed by atoms with van der Waals surface area (Å²) in [5, 5.41) is 23.3. The Morgan fingerprint density at radius 1 is 1.31 bits per heavy atom. The molecular weight excluding hydrogens is 384 g/mol. The van der Waals surface area contributed by atoms with Crippen molar-refractivity contribution in [2.24, 2.45) is 5.92 Å². The predicted octanol–water partition coefficient (Wildman–Crippen LogP) is 3.21. The molecule has 1 aliphatic carbocycles. The number of hydrogen-bond acceptors (Lipinski definition) is 6. The lowest BCUT2D eigenvalue weighted by Gasteiger charge is -2.35. The Morgan fingerprint density at radius 3 is 2.79 bits per heavy atom. The quantitative estimate of drug-likeness (QED) is 0.809. The van der Waals surface area contributed by atoms with E-state index in [2.05, 4.69) is 28.1 Å². The van der Waals surface area contributed by atoms with E-state index >= 15 is 0 Å². The average molecular weight is 411 g/mol. The van der Waals surface area contributed by atoms with Crippen LogP contribution in [0.3, 0.4) is 0 Å². The van der Waals surface area contributed by atoms with Crippen LogP contribution in [0.5, 0.6) is 5.75 Å². The fraction of sp³-hybridized carbons (Fsp3) is 0.455. The number of amides is 1. The number of carbonyl (C=O) groups excluding carboxylic acids is 1. The van der Waals surface area contributed by atoms with E-state index in [9.17, 15) is 15.2 Å². The molecule has 1 saturated heterocycles. The number of anilines is 2. The van der Waals surface area contributed by atoms with E-state index in [1.165, 1.54) is 4.88 Å². The van der Waals surface area contributed by atoms with Crippen molar-refractivity contribution in [1.82, 2.24) is 4.90 Å². The van der Waals surface area contributed by atoms with Gasteiger partial charge in [0.1, 0.15) is 16.8 Å². The first kappa shape index (κ1) is 19.7. The SMILES string of the molecule is C[C@@H]1CCc2c(sc(NC(=O)CN3CCN(c4ccccc4O)CC3)c2C#N)C1. The fourth-order valence-electron chi connectivity index (χ4n) is 4.20. The van der Waals surface area contributed by atoms with E-state index < -0.39 is 0 Å². The number of nitriles is 1. The molecule has 29 heavy (non-hydrogen) atoms. The van der Waals surface area contributed by atoms with Crippen LogP contribution in [-0.2, 0) is 17.6 Å². The number of carbonyl (C=O) groups is 1. The molecule has 1 fully saturated rings.